The Morgan fingerprint density at radius 3 is 2.30 bits per heavy atom. The number of amides is 1. The summed E-state index contributed by atoms with van der Waals surface area (Å²) >= 11 is 0. The summed E-state index contributed by atoms with van der Waals surface area (Å²) in [6.45, 7) is 13.8. The Morgan fingerprint density at radius 2 is 1.74 bits per heavy atom. The number of carbonyl (C=O) groups is 1. The maximum atomic E-state index is 13.0. The summed E-state index contributed by atoms with van der Waals surface area (Å²) in [7, 11) is 0. The number of hydrogen-bond donors (Lipinski definition) is 2. The predicted molar refractivity (Wildman–Crippen MR) is 105 cm³/mol. The second kappa shape index (κ2) is 8.86. The number of piperidine rings is 1. The summed E-state index contributed by atoms with van der Waals surface area (Å²) < 4.78 is 0. The first-order chi connectivity index (χ1) is 13.0. The van der Waals surface area contributed by atoms with Crippen molar-refractivity contribution < 1.29 is 14.6 Å². The van der Waals surface area contributed by atoms with Crippen molar-refractivity contribution >= 4 is 5.91 Å². The summed E-state index contributed by atoms with van der Waals surface area (Å²) in [5.74, 6) is 1.58. The van der Waals surface area contributed by atoms with E-state index in [1.54, 1.807) is 4.90 Å². The fraction of sp³-hybridized carbons (Fsp3) is 0.636. The third kappa shape index (κ3) is 5.09. The van der Waals surface area contributed by atoms with E-state index in [4.69, 9.17) is 5.26 Å². The van der Waals surface area contributed by atoms with Gasteiger partial charge in [0.1, 0.15) is 32.7 Å². The number of piperazine rings is 1. The summed E-state index contributed by atoms with van der Waals surface area (Å²) in [6, 6.07) is 10.2. The number of carbonyl (C=O) groups excluding carboxylic acids is 1. The Balaban J connectivity index is 1.49. The highest BCUT2D eigenvalue weighted by molar-refractivity contribution is 5.80. The van der Waals surface area contributed by atoms with Crippen LogP contribution in [0.3, 0.4) is 0 Å². The van der Waals surface area contributed by atoms with E-state index >= 15 is 0 Å². The lowest BCUT2D eigenvalue weighted by atomic mass is 9.91. The second-order valence-corrected chi connectivity index (χ2v) is 8.80. The highest BCUT2D eigenvalue weighted by Crippen LogP contribution is 2.21. The number of nitriles is 1. The van der Waals surface area contributed by atoms with Gasteiger partial charge in [-0.15, -0.1) is 0 Å². The summed E-state index contributed by atoms with van der Waals surface area (Å²) in [5, 5.41) is 8.91. The second-order valence-electron chi connectivity index (χ2n) is 8.80. The van der Waals surface area contributed by atoms with Crippen molar-refractivity contribution in [2.75, 3.05) is 39.3 Å². The van der Waals surface area contributed by atoms with E-state index in [0.29, 0.717) is 17.7 Å². The van der Waals surface area contributed by atoms with Crippen molar-refractivity contribution in [1.29, 1.82) is 5.26 Å². The van der Waals surface area contributed by atoms with Crippen molar-refractivity contribution in [1.82, 2.24) is 4.90 Å². The zero-order valence-corrected chi connectivity index (χ0v) is 17.0. The summed E-state index contributed by atoms with van der Waals surface area (Å²) in [5.41, 5.74) is 2.00. The molecule has 5 heteroatoms. The van der Waals surface area contributed by atoms with Crippen LogP contribution in [-0.2, 0) is 11.3 Å². The quantitative estimate of drug-likeness (QED) is 0.767. The standard InChI is InChI=1S/C22H32N4O/c1-17-12-18(2)15-26(14-17)22(27)19(3)25-10-8-24(9-11-25)16-21-6-4-20(13-23)5-7-21/h4-7,17-19H,8-12,14-16H2,1-3H3/p+2/t17-,18-,19-/m1/s1. The van der Waals surface area contributed by atoms with Crippen LogP contribution < -0.4 is 9.80 Å². The van der Waals surface area contributed by atoms with Crippen LogP contribution in [0.2, 0.25) is 0 Å². The molecule has 2 aliphatic rings. The molecule has 0 radical (unpaired) electrons. The summed E-state index contributed by atoms with van der Waals surface area (Å²) in [6.07, 6.45) is 1.24. The Morgan fingerprint density at radius 1 is 1.15 bits per heavy atom. The number of rotatable bonds is 4. The molecular formula is C22H34N4O+2. The first kappa shape index (κ1) is 19.9. The molecule has 27 heavy (non-hydrogen) atoms. The van der Waals surface area contributed by atoms with E-state index in [1.807, 2.05) is 12.1 Å². The van der Waals surface area contributed by atoms with Crippen molar-refractivity contribution in [3.8, 4) is 6.07 Å². The average Bonchev–Trinajstić information content (AvgIpc) is 2.67. The van der Waals surface area contributed by atoms with Crippen LogP contribution in [0.1, 0.15) is 38.3 Å². The molecule has 2 heterocycles. The third-order valence-electron chi connectivity index (χ3n) is 6.30. The molecule has 5 nitrogen and oxygen atoms in total. The van der Waals surface area contributed by atoms with Crippen LogP contribution in [0.4, 0.5) is 0 Å². The molecule has 0 aliphatic carbocycles. The number of benzene rings is 1. The summed E-state index contributed by atoms with van der Waals surface area (Å²) in [4.78, 5) is 18.1. The Labute approximate surface area is 163 Å². The zero-order valence-electron chi connectivity index (χ0n) is 17.0. The lowest BCUT2D eigenvalue weighted by Crippen LogP contribution is -3.29. The molecule has 0 unspecified atom stereocenters. The Hall–Kier alpha value is -1.90. The molecule has 1 aromatic rings. The van der Waals surface area contributed by atoms with Crippen LogP contribution in [-0.4, -0.2) is 56.1 Å². The lowest BCUT2D eigenvalue weighted by Gasteiger charge is -2.38. The highest BCUT2D eigenvalue weighted by atomic mass is 16.2. The minimum absolute atomic E-state index is 0.0685. The maximum Gasteiger partial charge on any atom is 0.280 e. The van der Waals surface area contributed by atoms with Gasteiger partial charge in [0.2, 0.25) is 0 Å². The van der Waals surface area contributed by atoms with Crippen molar-refractivity contribution in [3.05, 3.63) is 35.4 Å². The molecule has 3 rings (SSSR count). The average molecular weight is 371 g/mol. The fourth-order valence-corrected chi connectivity index (χ4v) is 4.81. The first-order valence-electron chi connectivity index (χ1n) is 10.4. The molecule has 1 aromatic carbocycles. The molecule has 2 N–H and O–H groups in total. The molecule has 146 valence electrons. The van der Waals surface area contributed by atoms with Gasteiger partial charge in [-0.1, -0.05) is 26.0 Å². The van der Waals surface area contributed by atoms with Gasteiger partial charge in [0, 0.05) is 18.7 Å². The SMILES string of the molecule is C[C@@H]1C[C@@H](C)CN(C(=O)[C@@H](C)[NH+]2CC[NH+](Cc3ccc(C#N)cc3)CC2)C1. The van der Waals surface area contributed by atoms with Gasteiger partial charge < -0.3 is 14.7 Å². The van der Waals surface area contributed by atoms with E-state index < -0.39 is 0 Å². The molecule has 0 saturated carbocycles. The van der Waals surface area contributed by atoms with Gasteiger partial charge in [-0.3, -0.25) is 4.79 Å². The molecule has 0 spiro atoms. The molecule has 3 atom stereocenters. The molecule has 1 amide bonds. The highest BCUT2D eigenvalue weighted by Gasteiger charge is 2.35. The van der Waals surface area contributed by atoms with Gasteiger partial charge in [0.15, 0.2) is 6.04 Å². The monoisotopic (exact) mass is 370 g/mol. The van der Waals surface area contributed by atoms with E-state index in [-0.39, 0.29) is 6.04 Å². The van der Waals surface area contributed by atoms with Crippen LogP contribution in [0.15, 0.2) is 24.3 Å². The minimum Gasteiger partial charge on any atom is -0.337 e. The largest absolute Gasteiger partial charge is 0.337 e. The normalized spacial score (nSPS) is 29.8. The van der Waals surface area contributed by atoms with Gasteiger partial charge in [-0.05, 0) is 37.3 Å². The van der Waals surface area contributed by atoms with Gasteiger partial charge in [-0.25, -0.2) is 0 Å². The first-order valence-corrected chi connectivity index (χ1v) is 10.4. The van der Waals surface area contributed by atoms with E-state index in [1.165, 1.54) is 16.9 Å². The third-order valence-corrected chi connectivity index (χ3v) is 6.30. The number of quaternary nitrogens is 2. The topological polar surface area (TPSA) is 53.0 Å². The minimum atomic E-state index is 0.0685. The van der Waals surface area contributed by atoms with Crippen LogP contribution in [0.25, 0.3) is 0 Å². The van der Waals surface area contributed by atoms with Gasteiger partial charge in [0.25, 0.3) is 5.91 Å². The van der Waals surface area contributed by atoms with Gasteiger partial charge in [-0.2, -0.15) is 5.26 Å². The number of nitrogens with one attached hydrogen (secondary N) is 2. The Kier molecular flexibility index (Phi) is 6.51. The number of nitrogens with zero attached hydrogens (tertiary/aromatic N) is 2. The molecular weight excluding hydrogens is 336 g/mol. The lowest BCUT2D eigenvalue weighted by molar-refractivity contribution is -1.02. The van der Waals surface area contributed by atoms with E-state index in [9.17, 15) is 4.79 Å². The molecule has 0 aromatic heterocycles. The van der Waals surface area contributed by atoms with Crippen LogP contribution >= 0.6 is 0 Å². The van der Waals surface area contributed by atoms with Crippen molar-refractivity contribution in [3.63, 3.8) is 0 Å². The van der Waals surface area contributed by atoms with Crippen molar-refractivity contribution in [2.24, 2.45) is 11.8 Å². The van der Waals surface area contributed by atoms with Crippen LogP contribution in [0.5, 0.6) is 0 Å². The molecule has 0 bridgehead atoms. The number of hydrogen-bond acceptors (Lipinski definition) is 2. The van der Waals surface area contributed by atoms with Gasteiger partial charge in [0.05, 0.1) is 11.6 Å². The van der Waals surface area contributed by atoms with E-state index in [2.05, 4.69) is 43.9 Å². The molecule has 2 saturated heterocycles. The molecule has 2 fully saturated rings. The fourth-order valence-electron chi connectivity index (χ4n) is 4.81. The van der Waals surface area contributed by atoms with E-state index in [0.717, 1.165) is 51.4 Å². The van der Waals surface area contributed by atoms with Crippen molar-refractivity contribution in [2.45, 2.75) is 39.8 Å². The molecule has 2 aliphatic heterocycles. The van der Waals surface area contributed by atoms with Crippen LogP contribution in [0, 0.1) is 23.2 Å². The smallest absolute Gasteiger partial charge is 0.280 e. The number of likely N-dealkylation sites (tertiary alicyclic amines) is 1. The Bertz CT molecular complexity index is 663. The maximum absolute atomic E-state index is 13.0. The zero-order chi connectivity index (χ0) is 19.4. The van der Waals surface area contributed by atoms with Gasteiger partial charge >= 0.3 is 0 Å². The predicted octanol–water partition coefficient (Wildman–Crippen LogP) is -0.265.